The number of hydrogen-bond donors (Lipinski definition) is 0. The Morgan fingerprint density at radius 1 is 1.33 bits per heavy atom. The number of carbonyl (C=O) groups excluding carboxylic acids is 2. The van der Waals surface area contributed by atoms with Crippen LogP contribution in [0.5, 0.6) is 0 Å². The van der Waals surface area contributed by atoms with Crippen molar-refractivity contribution in [1.29, 1.82) is 0 Å². The van der Waals surface area contributed by atoms with E-state index in [0.717, 1.165) is 5.56 Å². The first-order chi connectivity index (χ1) is 8.45. The highest BCUT2D eigenvalue weighted by Crippen LogP contribution is 2.41. The summed E-state index contributed by atoms with van der Waals surface area (Å²) in [6, 6.07) is 5.00. The van der Waals surface area contributed by atoms with Crippen LogP contribution in [0.2, 0.25) is 0 Å². The molecule has 0 radical (unpaired) electrons. The molecule has 1 amide bonds. The number of carbonyl (C=O) groups is 2. The molecule has 0 aliphatic carbocycles. The molecule has 96 valence electrons. The molecule has 2 rings (SSSR count). The highest BCUT2D eigenvalue weighted by Gasteiger charge is 2.46. The predicted octanol–water partition coefficient (Wildman–Crippen LogP) is 1.31. The van der Waals surface area contributed by atoms with Crippen LogP contribution in [0.25, 0.3) is 0 Å². The summed E-state index contributed by atoms with van der Waals surface area (Å²) >= 11 is 0. The lowest BCUT2D eigenvalue weighted by molar-refractivity contribution is -0.137. The molecular formula is C13H15NO4. The molecule has 1 aromatic rings. The smallest absolute Gasteiger partial charge is 0.337 e. The van der Waals surface area contributed by atoms with Crippen LogP contribution in [0.15, 0.2) is 18.2 Å². The van der Waals surface area contributed by atoms with Gasteiger partial charge < -0.3 is 14.4 Å². The highest BCUT2D eigenvalue weighted by atomic mass is 16.5. The van der Waals surface area contributed by atoms with Crippen LogP contribution in [0.3, 0.4) is 0 Å². The normalized spacial score (nSPS) is 22.0. The number of amides is 1. The molecular weight excluding hydrogens is 234 g/mol. The van der Waals surface area contributed by atoms with Gasteiger partial charge in [-0.2, -0.15) is 0 Å². The molecule has 0 saturated heterocycles. The number of methoxy groups -OCH3 is 2. The van der Waals surface area contributed by atoms with Crippen LogP contribution in [0.4, 0.5) is 5.69 Å². The van der Waals surface area contributed by atoms with Gasteiger partial charge in [-0.15, -0.1) is 0 Å². The Kier molecular flexibility index (Phi) is 2.86. The molecule has 0 bridgehead atoms. The topological polar surface area (TPSA) is 55.8 Å². The van der Waals surface area contributed by atoms with E-state index >= 15 is 0 Å². The second kappa shape index (κ2) is 4.10. The van der Waals surface area contributed by atoms with Gasteiger partial charge in [0.05, 0.1) is 18.4 Å². The Morgan fingerprint density at radius 2 is 2.00 bits per heavy atom. The molecule has 0 aromatic heterocycles. The summed E-state index contributed by atoms with van der Waals surface area (Å²) in [6.45, 7) is 1.72. The number of rotatable bonds is 2. The number of benzene rings is 1. The summed E-state index contributed by atoms with van der Waals surface area (Å²) in [5.74, 6) is -0.577. The highest BCUT2D eigenvalue weighted by molar-refractivity contribution is 6.07. The average molecular weight is 249 g/mol. The van der Waals surface area contributed by atoms with Crippen LogP contribution < -0.4 is 4.90 Å². The first-order valence-corrected chi connectivity index (χ1v) is 5.52. The summed E-state index contributed by atoms with van der Waals surface area (Å²) in [7, 11) is 4.48. The Labute approximate surface area is 105 Å². The largest absolute Gasteiger partial charge is 0.465 e. The van der Waals surface area contributed by atoms with Crippen molar-refractivity contribution in [1.82, 2.24) is 0 Å². The Morgan fingerprint density at radius 3 is 2.56 bits per heavy atom. The molecule has 0 saturated carbocycles. The van der Waals surface area contributed by atoms with Crippen molar-refractivity contribution in [2.24, 2.45) is 0 Å². The van der Waals surface area contributed by atoms with Gasteiger partial charge in [0, 0.05) is 19.7 Å². The fourth-order valence-electron chi connectivity index (χ4n) is 2.20. The number of esters is 1. The first-order valence-electron chi connectivity index (χ1n) is 5.52. The van der Waals surface area contributed by atoms with Crippen molar-refractivity contribution in [2.75, 3.05) is 26.2 Å². The van der Waals surface area contributed by atoms with Gasteiger partial charge in [0.1, 0.15) is 0 Å². The molecule has 1 aromatic carbocycles. The molecule has 0 fully saturated rings. The molecule has 1 heterocycles. The van der Waals surface area contributed by atoms with E-state index in [-0.39, 0.29) is 5.91 Å². The fraction of sp³-hybridized carbons (Fsp3) is 0.385. The molecule has 1 aliphatic heterocycles. The quantitative estimate of drug-likeness (QED) is 0.742. The van der Waals surface area contributed by atoms with Crippen LogP contribution >= 0.6 is 0 Å². The number of ether oxygens (including phenoxy) is 2. The van der Waals surface area contributed by atoms with Gasteiger partial charge in [-0.05, 0) is 19.1 Å². The molecule has 1 aliphatic rings. The van der Waals surface area contributed by atoms with Crippen molar-refractivity contribution >= 4 is 17.6 Å². The van der Waals surface area contributed by atoms with Crippen LogP contribution in [0.1, 0.15) is 22.8 Å². The summed E-state index contributed by atoms with van der Waals surface area (Å²) in [6.07, 6.45) is 0. The maximum atomic E-state index is 12.2. The van der Waals surface area contributed by atoms with Crippen molar-refractivity contribution in [3.8, 4) is 0 Å². The summed E-state index contributed by atoms with van der Waals surface area (Å²) in [5.41, 5.74) is 0.854. The van der Waals surface area contributed by atoms with Crippen molar-refractivity contribution < 1.29 is 19.1 Å². The minimum atomic E-state index is -0.987. The van der Waals surface area contributed by atoms with Gasteiger partial charge in [0.2, 0.25) is 0 Å². The number of fused-ring (bicyclic) bond motifs is 1. The van der Waals surface area contributed by atoms with E-state index in [1.807, 2.05) is 0 Å². The van der Waals surface area contributed by atoms with E-state index in [1.54, 1.807) is 32.2 Å². The molecule has 0 spiro atoms. The lowest BCUT2D eigenvalue weighted by Crippen LogP contribution is -2.37. The Bertz CT molecular complexity index is 526. The third-order valence-electron chi connectivity index (χ3n) is 3.42. The van der Waals surface area contributed by atoms with Crippen molar-refractivity contribution in [2.45, 2.75) is 12.5 Å². The van der Waals surface area contributed by atoms with E-state index in [0.29, 0.717) is 11.3 Å². The van der Waals surface area contributed by atoms with Crippen LogP contribution in [-0.4, -0.2) is 33.1 Å². The van der Waals surface area contributed by atoms with Gasteiger partial charge in [-0.1, -0.05) is 6.07 Å². The maximum Gasteiger partial charge on any atom is 0.337 e. The summed E-state index contributed by atoms with van der Waals surface area (Å²) < 4.78 is 9.99. The standard InChI is InChI=1S/C13H15NO4/c1-13(18-4)9-6-5-8(11(15)17-3)7-10(9)14(2)12(13)16/h5-7H,1-4H3. The number of likely N-dealkylation sites (N-methyl/N-ethyl adjacent to an activating group) is 1. The van der Waals surface area contributed by atoms with E-state index in [4.69, 9.17) is 4.74 Å². The second-order valence-electron chi connectivity index (χ2n) is 4.33. The average Bonchev–Trinajstić information content (AvgIpc) is 2.60. The Hall–Kier alpha value is -1.88. The van der Waals surface area contributed by atoms with Crippen LogP contribution in [-0.2, 0) is 19.9 Å². The lowest BCUT2D eigenvalue weighted by atomic mass is 9.96. The van der Waals surface area contributed by atoms with Gasteiger partial charge in [-0.3, -0.25) is 4.79 Å². The molecule has 1 atom stereocenters. The van der Waals surface area contributed by atoms with Crippen molar-refractivity contribution in [3.63, 3.8) is 0 Å². The van der Waals surface area contributed by atoms with Crippen molar-refractivity contribution in [3.05, 3.63) is 29.3 Å². The van der Waals surface area contributed by atoms with E-state index in [2.05, 4.69) is 4.74 Å². The fourth-order valence-corrected chi connectivity index (χ4v) is 2.20. The number of anilines is 1. The molecule has 0 N–H and O–H groups in total. The third kappa shape index (κ3) is 1.51. The summed E-state index contributed by atoms with van der Waals surface area (Å²) in [5, 5.41) is 0. The lowest BCUT2D eigenvalue weighted by Gasteiger charge is -2.20. The molecule has 5 heteroatoms. The molecule has 1 unspecified atom stereocenters. The molecule has 5 nitrogen and oxygen atoms in total. The second-order valence-corrected chi connectivity index (χ2v) is 4.33. The van der Waals surface area contributed by atoms with Gasteiger partial charge >= 0.3 is 5.97 Å². The van der Waals surface area contributed by atoms with Gasteiger partial charge in [0.25, 0.3) is 5.91 Å². The Balaban J connectivity index is 2.57. The predicted molar refractivity (Wildman–Crippen MR) is 65.6 cm³/mol. The number of nitrogens with zero attached hydrogens (tertiary/aromatic N) is 1. The van der Waals surface area contributed by atoms with Gasteiger partial charge in [0.15, 0.2) is 5.60 Å². The SMILES string of the molecule is COC(=O)c1ccc2c(c1)N(C)C(=O)C2(C)OC. The number of hydrogen-bond acceptors (Lipinski definition) is 4. The van der Waals surface area contributed by atoms with E-state index in [1.165, 1.54) is 19.1 Å². The monoisotopic (exact) mass is 249 g/mol. The summed E-state index contributed by atoms with van der Waals surface area (Å²) in [4.78, 5) is 25.1. The first kappa shape index (κ1) is 12.6. The third-order valence-corrected chi connectivity index (χ3v) is 3.42. The zero-order valence-electron chi connectivity index (χ0n) is 10.8. The van der Waals surface area contributed by atoms with E-state index in [9.17, 15) is 9.59 Å². The minimum Gasteiger partial charge on any atom is -0.465 e. The molecule has 18 heavy (non-hydrogen) atoms. The van der Waals surface area contributed by atoms with E-state index < -0.39 is 11.6 Å². The minimum absolute atomic E-state index is 0.151. The van der Waals surface area contributed by atoms with Crippen LogP contribution in [0, 0.1) is 0 Å². The zero-order valence-corrected chi connectivity index (χ0v) is 10.8. The van der Waals surface area contributed by atoms with Gasteiger partial charge in [-0.25, -0.2) is 4.79 Å². The zero-order chi connectivity index (χ0) is 13.5. The maximum absolute atomic E-state index is 12.2.